The summed E-state index contributed by atoms with van der Waals surface area (Å²) in [4.78, 5) is 0. The lowest BCUT2D eigenvalue weighted by Gasteiger charge is -2.16. The molecule has 2 nitrogen and oxygen atoms in total. The van der Waals surface area contributed by atoms with Gasteiger partial charge in [0.25, 0.3) is 0 Å². The van der Waals surface area contributed by atoms with Crippen LogP contribution in [0.15, 0.2) is 140 Å². The van der Waals surface area contributed by atoms with Crippen molar-refractivity contribution in [2.24, 2.45) is 0 Å². The summed E-state index contributed by atoms with van der Waals surface area (Å²) in [6.45, 7) is 6.43. The van der Waals surface area contributed by atoms with Crippen LogP contribution in [0.1, 0.15) is 41.3 Å². The van der Waals surface area contributed by atoms with Gasteiger partial charge >= 0.3 is 0 Å². The number of nitrogens with one attached hydrogen (secondary N) is 1. The van der Waals surface area contributed by atoms with Crippen LogP contribution in [0.3, 0.4) is 0 Å². The number of benzene rings is 5. The van der Waals surface area contributed by atoms with Gasteiger partial charge in [-0.05, 0) is 71.9 Å². The molecule has 0 unspecified atom stereocenters. The molecule has 208 valence electrons. The molecule has 0 aliphatic heterocycles. The molecule has 7 rings (SSSR count). The highest BCUT2D eigenvalue weighted by Gasteiger charge is 2.18. The van der Waals surface area contributed by atoms with Gasteiger partial charge in [-0.2, -0.15) is 0 Å². The number of allylic oxidation sites excluding steroid dienone is 5. The zero-order valence-electron chi connectivity index (χ0n) is 24.4. The van der Waals surface area contributed by atoms with Crippen LogP contribution in [0.25, 0.3) is 45.1 Å². The maximum Gasteiger partial charge on any atom is 0.0537 e. The summed E-state index contributed by atoms with van der Waals surface area (Å²) < 4.78 is 2.36. The van der Waals surface area contributed by atoms with Gasteiger partial charge in [-0.3, -0.25) is 0 Å². The Balaban J connectivity index is 1.28. The van der Waals surface area contributed by atoms with E-state index in [0.29, 0.717) is 0 Å². The molecule has 1 heterocycles. The van der Waals surface area contributed by atoms with Crippen molar-refractivity contribution in [3.05, 3.63) is 168 Å². The first-order valence-electron chi connectivity index (χ1n) is 14.9. The van der Waals surface area contributed by atoms with Crippen LogP contribution in [0, 0.1) is 0 Å². The van der Waals surface area contributed by atoms with Gasteiger partial charge in [-0.25, -0.2) is 0 Å². The minimum Gasteiger partial charge on any atom is -0.355 e. The van der Waals surface area contributed by atoms with Crippen molar-refractivity contribution in [3.8, 4) is 0 Å². The molecule has 0 atom stereocenters. The molecule has 2 heteroatoms. The number of hydrogen-bond donors (Lipinski definition) is 1. The average molecular weight is 555 g/mol. The fourth-order valence-corrected chi connectivity index (χ4v) is 6.36. The molecule has 0 spiro atoms. The number of hydrogen-bond acceptors (Lipinski definition) is 1. The van der Waals surface area contributed by atoms with E-state index in [2.05, 4.69) is 163 Å². The van der Waals surface area contributed by atoms with E-state index in [-0.39, 0.29) is 0 Å². The van der Waals surface area contributed by atoms with Crippen molar-refractivity contribution in [2.45, 2.75) is 19.8 Å². The van der Waals surface area contributed by atoms with Crippen molar-refractivity contribution in [1.82, 2.24) is 4.57 Å². The first kappa shape index (κ1) is 26.6. The predicted octanol–water partition coefficient (Wildman–Crippen LogP) is 11.1. The Kier molecular flexibility index (Phi) is 7.10. The van der Waals surface area contributed by atoms with Crippen molar-refractivity contribution in [3.63, 3.8) is 0 Å². The average Bonchev–Trinajstić information content (AvgIpc) is 3.69. The monoisotopic (exact) mass is 554 g/mol. The number of fused-ring (bicyclic) bond motifs is 2. The third-order valence-electron chi connectivity index (χ3n) is 8.42. The van der Waals surface area contributed by atoms with E-state index in [1.165, 1.54) is 55.2 Å². The molecule has 43 heavy (non-hydrogen) atoms. The largest absolute Gasteiger partial charge is 0.355 e. The van der Waals surface area contributed by atoms with Crippen LogP contribution in [0.5, 0.6) is 0 Å². The molecule has 1 aliphatic carbocycles. The van der Waals surface area contributed by atoms with Crippen molar-refractivity contribution in [1.29, 1.82) is 0 Å². The zero-order chi connectivity index (χ0) is 29.2. The second-order valence-corrected chi connectivity index (χ2v) is 11.1. The van der Waals surface area contributed by atoms with Crippen LogP contribution in [0.2, 0.25) is 0 Å². The van der Waals surface area contributed by atoms with E-state index in [1.807, 2.05) is 6.08 Å². The minimum absolute atomic E-state index is 0.909. The number of anilines is 2. The summed E-state index contributed by atoms with van der Waals surface area (Å²) in [5.41, 5.74) is 12.0. The van der Waals surface area contributed by atoms with Crippen molar-refractivity contribution < 1.29 is 0 Å². The van der Waals surface area contributed by atoms with Crippen LogP contribution in [-0.2, 0) is 6.42 Å². The molecular formula is C41H34N2. The summed E-state index contributed by atoms with van der Waals surface area (Å²) in [7, 11) is 0. The van der Waals surface area contributed by atoms with Crippen LogP contribution < -0.4 is 5.32 Å². The predicted molar refractivity (Wildman–Crippen MR) is 187 cm³/mol. The molecule has 0 bridgehead atoms. The highest BCUT2D eigenvalue weighted by Crippen LogP contribution is 2.37. The minimum atomic E-state index is 0.909. The Bertz CT molecular complexity index is 2070. The molecule has 0 saturated carbocycles. The van der Waals surface area contributed by atoms with Gasteiger partial charge in [0.15, 0.2) is 0 Å². The van der Waals surface area contributed by atoms with Crippen LogP contribution >= 0.6 is 0 Å². The number of aromatic nitrogens is 1. The lowest BCUT2D eigenvalue weighted by atomic mass is 9.96. The molecule has 0 fully saturated rings. The molecule has 1 N–H and O–H groups in total. The van der Waals surface area contributed by atoms with Gasteiger partial charge in [0.1, 0.15) is 0 Å². The maximum absolute atomic E-state index is 4.22. The fourth-order valence-electron chi connectivity index (χ4n) is 6.36. The Morgan fingerprint density at radius 2 is 1.49 bits per heavy atom. The van der Waals surface area contributed by atoms with E-state index < -0.39 is 0 Å². The Morgan fingerprint density at radius 1 is 0.767 bits per heavy atom. The van der Waals surface area contributed by atoms with Crippen molar-refractivity contribution in [2.75, 3.05) is 5.32 Å². The van der Waals surface area contributed by atoms with Gasteiger partial charge < -0.3 is 9.88 Å². The van der Waals surface area contributed by atoms with E-state index >= 15 is 0 Å². The van der Waals surface area contributed by atoms with E-state index in [0.717, 1.165) is 29.9 Å². The summed E-state index contributed by atoms with van der Waals surface area (Å²) in [6, 6.07) is 41.1. The Hall–Kier alpha value is -5.34. The number of para-hydroxylation sites is 2. The van der Waals surface area contributed by atoms with Gasteiger partial charge in [-0.1, -0.05) is 116 Å². The second kappa shape index (κ2) is 11.5. The highest BCUT2D eigenvalue weighted by molar-refractivity contribution is 6.02. The molecular weight excluding hydrogens is 520 g/mol. The number of nitrogens with zero attached hydrogens (tertiary/aromatic N) is 1. The molecule has 0 saturated heterocycles. The quantitative estimate of drug-likeness (QED) is 0.198. The third kappa shape index (κ3) is 5.02. The fraction of sp³-hybridized carbons (Fsp3) is 0.0732. The molecule has 1 aliphatic rings. The lowest BCUT2D eigenvalue weighted by Crippen LogP contribution is -1.98. The van der Waals surface area contributed by atoms with E-state index in [9.17, 15) is 0 Å². The first-order valence-corrected chi connectivity index (χ1v) is 14.9. The second-order valence-electron chi connectivity index (χ2n) is 11.1. The third-order valence-corrected chi connectivity index (χ3v) is 8.42. The molecule has 0 amide bonds. The molecule has 5 aromatic carbocycles. The highest BCUT2D eigenvalue weighted by atomic mass is 15.0. The molecule has 1 aromatic heterocycles. The van der Waals surface area contributed by atoms with Gasteiger partial charge in [0.2, 0.25) is 0 Å². The maximum atomic E-state index is 4.22. The van der Waals surface area contributed by atoms with Gasteiger partial charge in [-0.15, -0.1) is 0 Å². The summed E-state index contributed by atoms with van der Waals surface area (Å²) in [5.74, 6) is 0. The van der Waals surface area contributed by atoms with Crippen LogP contribution in [0.4, 0.5) is 11.4 Å². The SMILES string of the molecule is C=Cc1c(/C=C(\C)c2ccccc2Nc2ccc(Cc3ccccc3)c3ccccc23)c2ccccc2n1C1=CC=CC1. The van der Waals surface area contributed by atoms with Crippen LogP contribution in [-0.4, -0.2) is 4.57 Å². The normalized spacial score (nSPS) is 13.0. The standard InChI is InChI=1S/C41H34N2/c1-3-40-37(36-22-12-14-24-41(36)43(40)32-17-7-8-18-32)27-29(2)33-19-11-13-23-38(33)42-39-26-25-31(28-30-15-5-4-6-16-30)34-20-9-10-21-35(34)39/h3-17,19-27,42H,1,18,28H2,2H3/b29-27+. The Morgan fingerprint density at radius 3 is 2.28 bits per heavy atom. The summed E-state index contributed by atoms with van der Waals surface area (Å²) in [5, 5.41) is 7.54. The van der Waals surface area contributed by atoms with E-state index in [1.54, 1.807) is 0 Å². The van der Waals surface area contributed by atoms with Gasteiger partial charge in [0, 0.05) is 45.4 Å². The first-order chi connectivity index (χ1) is 21.2. The molecule has 0 radical (unpaired) electrons. The molecule has 6 aromatic rings. The summed E-state index contributed by atoms with van der Waals surface area (Å²) in [6.07, 6.45) is 12.7. The summed E-state index contributed by atoms with van der Waals surface area (Å²) >= 11 is 0. The zero-order valence-corrected chi connectivity index (χ0v) is 24.4. The van der Waals surface area contributed by atoms with E-state index in [4.69, 9.17) is 0 Å². The van der Waals surface area contributed by atoms with Gasteiger partial charge in [0.05, 0.1) is 11.2 Å². The topological polar surface area (TPSA) is 17.0 Å². The smallest absolute Gasteiger partial charge is 0.0537 e. The number of rotatable bonds is 8. The van der Waals surface area contributed by atoms with Crippen molar-refractivity contribution >= 4 is 56.5 Å². The lowest BCUT2D eigenvalue weighted by molar-refractivity contribution is 1.09. The Labute approximate surface area is 253 Å².